The van der Waals surface area contributed by atoms with Crippen LogP contribution < -0.4 is 34.9 Å². The van der Waals surface area contributed by atoms with Gasteiger partial charge in [-0.2, -0.15) is 109 Å². The Morgan fingerprint density at radius 3 is 1.04 bits per heavy atom. The van der Waals surface area contributed by atoms with Crippen molar-refractivity contribution in [2.45, 2.75) is 69.2 Å². The summed E-state index contributed by atoms with van der Waals surface area (Å²) in [4.78, 5) is 46.4. The Morgan fingerprint density at radius 2 is 0.726 bits per heavy atom. The summed E-state index contributed by atoms with van der Waals surface area (Å²) in [5.74, 6) is 0.428. The fourth-order valence-electron chi connectivity index (χ4n) is 12.7. The Hall–Kier alpha value is -13.0. The molecule has 0 bridgehead atoms. The van der Waals surface area contributed by atoms with Gasteiger partial charge in [0, 0.05) is 153 Å². The van der Waals surface area contributed by atoms with E-state index in [2.05, 4.69) is 197 Å². The Kier molecular flexibility index (Phi) is 44.9. The van der Waals surface area contributed by atoms with Crippen LogP contribution in [0, 0.1) is 119 Å². The average Bonchev–Trinajstić information content (AvgIpc) is 1.67. The van der Waals surface area contributed by atoms with Gasteiger partial charge in [-0.1, -0.05) is 130 Å². The molecule has 15 heterocycles. The van der Waals surface area contributed by atoms with Gasteiger partial charge in [0.05, 0.1) is 22.8 Å². The van der Waals surface area contributed by atoms with Gasteiger partial charge in [-0.3, -0.25) is 43.0 Å². The first-order valence-corrected chi connectivity index (χ1v) is 41.9. The first kappa shape index (κ1) is 109. The van der Waals surface area contributed by atoms with E-state index >= 15 is 0 Å². The number of halogens is 1. The molecule has 0 saturated heterocycles. The molecule has 0 aliphatic carbocycles. The van der Waals surface area contributed by atoms with Gasteiger partial charge in [0.15, 0.2) is 19.0 Å². The van der Waals surface area contributed by atoms with E-state index in [0.717, 1.165) is 102 Å². The van der Waals surface area contributed by atoms with Crippen LogP contribution >= 0.6 is 0 Å². The number of benzene rings is 6. The van der Waals surface area contributed by atoms with Gasteiger partial charge in [0.25, 0.3) is 0 Å². The monoisotopic (exact) mass is 2680 g/mol. The van der Waals surface area contributed by atoms with Gasteiger partial charge in [-0.05, 0) is 155 Å². The van der Waals surface area contributed by atoms with Crippen LogP contribution in [0.3, 0.4) is 0 Å². The summed E-state index contributed by atoms with van der Waals surface area (Å²) in [6.45, 7) is 24.4. The van der Waals surface area contributed by atoms with Gasteiger partial charge < -0.3 is 59.9 Å². The van der Waals surface area contributed by atoms with Crippen molar-refractivity contribution in [3.8, 4) is 74.1 Å². The molecule has 135 heavy (non-hydrogen) atoms. The average molecular weight is 2680 g/mol. The number of imidazole rings is 4. The van der Waals surface area contributed by atoms with Crippen molar-refractivity contribution in [2.75, 3.05) is 23.9 Å². The number of hydrogen-bond donors (Lipinski definition) is 0. The topological polar surface area (TPSA) is 216 Å². The minimum absolute atomic E-state index is 0. The van der Waals surface area contributed by atoms with Gasteiger partial charge in [0.2, 0.25) is 0 Å². The molecule has 2 aliphatic rings. The molecule has 0 fully saturated rings. The second kappa shape index (κ2) is 55.6. The molecule has 0 spiro atoms. The van der Waals surface area contributed by atoms with Crippen molar-refractivity contribution in [1.82, 2.24) is 102 Å². The minimum Gasteiger partial charge on any atom is -0.662 e. The van der Waals surface area contributed by atoms with Crippen LogP contribution in [0.25, 0.3) is 85.2 Å². The Morgan fingerprint density at radius 1 is 0.348 bits per heavy atom. The molecular weight excluding hydrogens is 2580 g/mol. The molecule has 0 saturated carbocycles. The van der Waals surface area contributed by atoms with Crippen molar-refractivity contribution in [1.29, 1.82) is 0 Å². The zero-order valence-corrected chi connectivity index (χ0v) is 89.3. The zero-order valence-electron chi connectivity index (χ0n) is 77.3. The van der Waals surface area contributed by atoms with E-state index in [-0.39, 0.29) is 106 Å². The zero-order chi connectivity index (χ0) is 91.7. The second-order valence-electron chi connectivity index (χ2n) is 30.7. The molecule has 29 heteroatoms. The Bertz CT molecular complexity index is 6140. The summed E-state index contributed by atoms with van der Waals surface area (Å²) in [6.07, 6.45) is 41.9. The number of aromatic nitrogens is 19. The second-order valence-corrected chi connectivity index (χ2v) is 30.7. The molecule has 0 unspecified atom stereocenters. The van der Waals surface area contributed by atoms with Crippen molar-refractivity contribution < 1.29 is 105 Å². The third-order valence-electron chi connectivity index (χ3n) is 19.4. The Labute approximate surface area is 858 Å². The number of para-hydroxylation sites is 2. The third-order valence-corrected chi connectivity index (χ3v) is 19.4. The van der Waals surface area contributed by atoms with Crippen LogP contribution in [-0.2, 0) is 122 Å². The molecule has 21 rings (SSSR count). The van der Waals surface area contributed by atoms with Crippen molar-refractivity contribution >= 4 is 22.4 Å². The van der Waals surface area contributed by atoms with Crippen LogP contribution in [0.2, 0.25) is 0 Å². The molecule has 23 nitrogen and oxygen atoms in total. The quantitative estimate of drug-likeness (QED) is 0.116. The molecule has 19 aromatic rings. The van der Waals surface area contributed by atoms with E-state index in [0.29, 0.717) is 5.82 Å². The number of hydrogen-bond acceptors (Lipinski definition) is 12. The van der Waals surface area contributed by atoms with Crippen LogP contribution in [-0.4, -0.2) is 91.4 Å². The first-order chi connectivity index (χ1) is 63.0. The molecule has 0 atom stereocenters. The van der Waals surface area contributed by atoms with Gasteiger partial charge in [-0.15, -0.1) is 83.4 Å². The summed E-state index contributed by atoms with van der Waals surface area (Å²) in [5.41, 5.74) is 27.0. The van der Waals surface area contributed by atoms with Crippen molar-refractivity contribution in [3.05, 3.63) is 448 Å². The van der Waals surface area contributed by atoms with Crippen LogP contribution in [0.15, 0.2) is 343 Å². The summed E-state index contributed by atoms with van der Waals surface area (Å²) >= 11 is 0. The number of pyridine rings is 5. The van der Waals surface area contributed by atoms with E-state index < -0.39 is 0 Å². The fourth-order valence-corrected chi connectivity index (χ4v) is 12.7. The molecule has 6 aromatic carbocycles. The number of nitrogens with zero attached hydrogens (tertiary/aromatic N) is 23. The van der Waals surface area contributed by atoms with E-state index in [1.165, 1.54) is 56.6 Å². The number of rotatable bonds is 10. The van der Waals surface area contributed by atoms with Crippen molar-refractivity contribution in [2.24, 2.45) is 21.1 Å². The SMILES string of the molecule is CN1C=CN(c2[c-]cc(F)cc2)[CH-]1.Cc1c[c-]c(-n2ccn(C)[cH+]2)cc1.Cc1c[c-]c(-n2ccn(C)[cH+]2)cc1.Cc1c[c-]c(-n2ccn(C)[cH+]2)cc1.Cc1c[c-]c(N2C=CN(C)[CH-]2)cc1.Cc1cnc(-c2ccc[n-]2)c(C)c1.Cc1cnc(-c2ccn[n-]2)c(C)c1.Cc1cnc(-c2ccn[n-]2)c(C)c1.[Ir+3].[Ir+3].[Ir].[Ir].[Ir].c1ccc(-c2ccc[n-]2)nc1.c1ccc(-c2nc3ccccc3[n-]2)nc1. The van der Waals surface area contributed by atoms with E-state index in [4.69, 9.17) is 0 Å². The number of aryl methyl sites for hydroxylation is 13. The molecule has 0 amide bonds. The van der Waals surface area contributed by atoms with Crippen molar-refractivity contribution in [3.63, 3.8) is 0 Å². The standard InChI is InChI=1S/C12H8N3.4C11H12N2.C11H11N2.C10H9FN2.2C10H10N3.C9H7N2.5Ir/c1-2-6-10-9(5-1)14-12(15-10)11-7-3-4-8-13-11;4*1-10-3-5-11(6-4-10)13-8-7-12(2)9-13;1-8-6-9(2)11(13-7-8)10-4-3-5-12-10;1-12-6-7-13(8-12)10-4-2-9(11)3-5-10;2*1-7-5-8(2)10(11-6-7)9-3-4-12-13-9;1-2-6-10-8(4-1)9-5-3-7-11-9;;;;;/h1-8H;4*3-5,7-9H,1-2H3;3-7H,1-2H3;2-4,6-8H,1H3;2*3-6H,1-2H3;1-7H;;;;;/q-1;;;;-2;-1;-2;3*-1;;;;2*+3. The molecular formula is C106H103FIr5N23-3. The molecule has 3 radical (unpaired) electrons. The van der Waals surface area contributed by atoms with E-state index in [9.17, 15) is 4.39 Å². The predicted octanol–water partition coefficient (Wildman–Crippen LogP) is 20.4. The number of fused-ring (bicyclic) bond motifs is 1. The summed E-state index contributed by atoms with van der Waals surface area (Å²) in [6, 6.07) is 81.9. The first-order valence-electron chi connectivity index (χ1n) is 41.9. The largest absolute Gasteiger partial charge is 3.00 e. The summed E-state index contributed by atoms with van der Waals surface area (Å²) in [7, 11) is 9.95. The normalized spacial score (nSPS) is 10.9. The van der Waals surface area contributed by atoms with Crippen LogP contribution in [0.5, 0.6) is 0 Å². The fraction of sp³-hybridized carbons (Fsp3) is 0.142. The number of anilines is 2. The predicted molar refractivity (Wildman–Crippen MR) is 515 cm³/mol. The van der Waals surface area contributed by atoms with Gasteiger partial charge in [0.1, 0.15) is 37.2 Å². The minimum atomic E-state index is -0.264. The maximum absolute atomic E-state index is 12.6. The Balaban J connectivity index is 0.000000204. The van der Waals surface area contributed by atoms with E-state index in [1.54, 1.807) is 43.2 Å². The molecule has 697 valence electrons. The molecule has 0 N–H and O–H groups in total. The maximum Gasteiger partial charge on any atom is 3.00 e. The van der Waals surface area contributed by atoms with Gasteiger partial charge in [-0.25, -0.2) is 13.7 Å². The summed E-state index contributed by atoms with van der Waals surface area (Å²) < 4.78 is 24.7. The molecule has 13 aromatic heterocycles. The van der Waals surface area contributed by atoms with E-state index in [1.807, 2.05) is 351 Å². The summed E-state index contributed by atoms with van der Waals surface area (Å²) in [5, 5.41) is 15.5. The van der Waals surface area contributed by atoms with Crippen LogP contribution in [0.1, 0.15) is 55.6 Å². The van der Waals surface area contributed by atoms with Gasteiger partial charge >= 0.3 is 40.2 Å². The molecule has 2 aliphatic heterocycles. The third kappa shape index (κ3) is 34.2. The maximum atomic E-state index is 12.6. The smallest absolute Gasteiger partial charge is 0.662 e. The van der Waals surface area contributed by atoms with Crippen LogP contribution in [0.4, 0.5) is 15.8 Å².